The fraction of sp³-hybridized carbons (Fsp3) is 0.182. The smallest absolute Gasteiger partial charge is 0.278 e. The van der Waals surface area contributed by atoms with Crippen LogP contribution in [0.25, 0.3) is 22.2 Å². The first kappa shape index (κ1) is 17.1. The van der Waals surface area contributed by atoms with E-state index in [0.717, 1.165) is 22.4 Å². The lowest BCUT2D eigenvalue weighted by Gasteiger charge is -2.07. The lowest BCUT2D eigenvalue weighted by atomic mass is 10.1. The summed E-state index contributed by atoms with van der Waals surface area (Å²) in [6.45, 7) is 2.55. The molecule has 0 aliphatic heterocycles. The van der Waals surface area contributed by atoms with Crippen LogP contribution < -0.4 is 10.3 Å². The number of rotatable bonds is 4. The maximum atomic E-state index is 13.1. The van der Waals surface area contributed by atoms with E-state index in [1.54, 1.807) is 18.0 Å². The normalized spacial score (nSPS) is 11.1. The van der Waals surface area contributed by atoms with Crippen LogP contribution >= 0.6 is 0 Å². The van der Waals surface area contributed by atoms with Crippen molar-refractivity contribution in [3.05, 3.63) is 82.5 Å². The minimum Gasteiger partial charge on any atom is -0.497 e. The van der Waals surface area contributed by atoms with Crippen molar-refractivity contribution >= 4 is 11.0 Å². The molecule has 2 aromatic heterocycles. The van der Waals surface area contributed by atoms with Crippen molar-refractivity contribution < 1.29 is 4.74 Å². The van der Waals surface area contributed by atoms with Gasteiger partial charge in [-0.3, -0.25) is 9.36 Å². The highest BCUT2D eigenvalue weighted by molar-refractivity contribution is 5.92. The van der Waals surface area contributed by atoms with Crippen molar-refractivity contribution in [2.75, 3.05) is 7.11 Å². The molecule has 0 radical (unpaired) electrons. The zero-order chi connectivity index (χ0) is 19.0. The molecule has 0 spiro atoms. The van der Waals surface area contributed by atoms with Crippen molar-refractivity contribution in [2.45, 2.75) is 13.5 Å². The topological polar surface area (TPSA) is 49.0 Å². The zero-order valence-electron chi connectivity index (χ0n) is 15.6. The number of aromatic nitrogens is 3. The van der Waals surface area contributed by atoms with E-state index in [9.17, 15) is 4.79 Å². The molecule has 0 aliphatic rings. The van der Waals surface area contributed by atoms with Gasteiger partial charge in [0.15, 0.2) is 0 Å². The third-order valence-electron chi connectivity index (χ3n) is 4.76. The summed E-state index contributed by atoms with van der Waals surface area (Å²) in [5.74, 6) is 0.775. The second-order valence-corrected chi connectivity index (χ2v) is 6.75. The Hall–Kier alpha value is -3.34. The predicted octanol–water partition coefficient (Wildman–Crippen LogP) is 3.77. The van der Waals surface area contributed by atoms with E-state index in [0.29, 0.717) is 17.6 Å². The van der Waals surface area contributed by atoms with Crippen LogP contribution in [-0.4, -0.2) is 21.2 Å². The predicted molar refractivity (Wildman–Crippen MR) is 107 cm³/mol. The molecular formula is C22H21N3O2. The Balaban J connectivity index is 1.82. The van der Waals surface area contributed by atoms with E-state index < -0.39 is 0 Å². The van der Waals surface area contributed by atoms with Crippen molar-refractivity contribution in [3.63, 3.8) is 0 Å². The molecule has 136 valence electrons. The number of hydrogen-bond donors (Lipinski definition) is 0. The van der Waals surface area contributed by atoms with E-state index in [1.807, 2.05) is 67.2 Å². The Labute approximate surface area is 157 Å². The van der Waals surface area contributed by atoms with Gasteiger partial charge in [0.1, 0.15) is 16.8 Å². The van der Waals surface area contributed by atoms with Crippen LogP contribution in [0, 0.1) is 6.92 Å². The first-order valence-corrected chi connectivity index (χ1v) is 8.81. The van der Waals surface area contributed by atoms with Crippen LogP contribution in [0.15, 0.2) is 65.8 Å². The van der Waals surface area contributed by atoms with E-state index in [-0.39, 0.29) is 5.56 Å². The summed E-state index contributed by atoms with van der Waals surface area (Å²) in [7, 11) is 3.52. The van der Waals surface area contributed by atoms with Gasteiger partial charge in [-0.25, -0.2) is 4.98 Å². The number of methoxy groups -OCH3 is 1. The van der Waals surface area contributed by atoms with Gasteiger partial charge in [-0.1, -0.05) is 42.0 Å². The van der Waals surface area contributed by atoms with Gasteiger partial charge >= 0.3 is 0 Å². The van der Waals surface area contributed by atoms with Crippen LogP contribution in [0.2, 0.25) is 0 Å². The summed E-state index contributed by atoms with van der Waals surface area (Å²) in [5, 5.41) is 0. The van der Waals surface area contributed by atoms with Crippen molar-refractivity contribution in [1.82, 2.24) is 14.1 Å². The Morgan fingerprint density at radius 3 is 2.70 bits per heavy atom. The minimum atomic E-state index is -0.0434. The van der Waals surface area contributed by atoms with Crippen molar-refractivity contribution in [3.8, 4) is 16.9 Å². The maximum Gasteiger partial charge on any atom is 0.278 e. The average molecular weight is 359 g/mol. The number of benzene rings is 2. The summed E-state index contributed by atoms with van der Waals surface area (Å²) in [5.41, 5.74) is 5.42. The van der Waals surface area contributed by atoms with Crippen LogP contribution in [-0.2, 0) is 13.6 Å². The summed E-state index contributed by atoms with van der Waals surface area (Å²) in [6.07, 6.45) is 3.58. The summed E-state index contributed by atoms with van der Waals surface area (Å²) in [4.78, 5) is 17.7. The van der Waals surface area contributed by atoms with Gasteiger partial charge in [-0.2, -0.15) is 0 Å². The third kappa shape index (κ3) is 3.12. The van der Waals surface area contributed by atoms with Crippen LogP contribution in [0.5, 0.6) is 5.75 Å². The molecule has 0 bridgehead atoms. The second kappa shape index (κ2) is 6.76. The van der Waals surface area contributed by atoms with Crippen LogP contribution in [0.1, 0.15) is 11.1 Å². The lowest BCUT2D eigenvalue weighted by molar-refractivity contribution is 0.415. The summed E-state index contributed by atoms with van der Waals surface area (Å²) < 4.78 is 8.83. The number of hydrogen-bond acceptors (Lipinski definition) is 3. The third-order valence-corrected chi connectivity index (χ3v) is 4.76. The highest BCUT2D eigenvalue weighted by atomic mass is 16.5. The minimum absolute atomic E-state index is 0.0434. The molecule has 0 fully saturated rings. The quantitative estimate of drug-likeness (QED) is 0.557. The maximum absolute atomic E-state index is 13.1. The zero-order valence-corrected chi connectivity index (χ0v) is 15.6. The van der Waals surface area contributed by atoms with E-state index in [1.165, 1.54) is 5.56 Å². The number of ether oxygens (including phenoxy) is 1. The van der Waals surface area contributed by atoms with Gasteiger partial charge in [0.05, 0.1) is 20.0 Å². The fourth-order valence-electron chi connectivity index (χ4n) is 3.43. The van der Waals surface area contributed by atoms with Crippen molar-refractivity contribution in [1.29, 1.82) is 0 Å². The van der Waals surface area contributed by atoms with E-state index in [4.69, 9.17) is 4.74 Å². The molecule has 0 atom stereocenters. The van der Waals surface area contributed by atoms with E-state index >= 15 is 0 Å². The number of aryl methyl sites for hydroxylation is 2. The van der Waals surface area contributed by atoms with Gasteiger partial charge in [0.25, 0.3) is 5.56 Å². The fourth-order valence-corrected chi connectivity index (χ4v) is 3.43. The van der Waals surface area contributed by atoms with Crippen LogP contribution in [0.4, 0.5) is 0 Å². The Bertz CT molecular complexity index is 1190. The molecule has 0 N–H and O–H groups in total. The van der Waals surface area contributed by atoms with Gasteiger partial charge in [0.2, 0.25) is 0 Å². The molecule has 0 unspecified atom stereocenters. The molecule has 27 heavy (non-hydrogen) atoms. The number of nitrogens with zero attached hydrogens (tertiary/aromatic N) is 3. The van der Waals surface area contributed by atoms with Gasteiger partial charge in [-0.15, -0.1) is 0 Å². The largest absolute Gasteiger partial charge is 0.497 e. The highest BCUT2D eigenvalue weighted by Gasteiger charge is 2.15. The monoisotopic (exact) mass is 359 g/mol. The molecular weight excluding hydrogens is 338 g/mol. The summed E-state index contributed by atoms with van der Waals surface area (Å²) >= 11 is 0. The van der Waals surface area contributed by atoms with Gasteiger partial charge < -0.3 is 9.30 Å². The molecule has 0 aliphatic carbocycles. The molecule has 4 rings (SSSR count). The van der Waals surface area contributed by atoms with Crippen molar-refractivity contribution in [2.24, 2.45) is 7.05 Å². The highest BCUT2D eigenvalue weighted by Crippen LogP contribution is 2.29. The van der Waals surface area contributed by atoms with Gasteiger partial charge in [0, 0.05) is 18.8 Å². The molecule has 0 saturated carbocycles. The molecule has 5 heteroatoms. The first-order chi connectivity index (χ1) is 13.1. The standard InChI is InChI=1S/C22H21N3O2/c1-15-6-4-7-16(10-15)12-25-14-23-20-19(13-24(2)21(20)22(25)26)17-8-5-9-18(11-17)27-3/h4-11,13-14H,12H2,1-3H3. The molecule has 5 nitrogen and oxygen atoms in total. The molecule has 0 saturated heterocycles. The first-order valence-electron chi connectivity index (χ1n) is 8.81. The Kier molecular flexibility index (Phi) is 4.28. The Morgan fingerprint density at radius 2 is 1.93 bits per heavy atom. The molecule has 2 heterocycles. The van der Waals surface area contributed by atoms with Gasteiger partial charge in [-0.05, 0) is 30.2 Å². The molecule has 4 aromatic rings. The van der Waals surface area contributed by atoms with E-state index in [2.05, 4.69) is 11.1 Å². The lowest BCUT2D eigenvalue weighted by Crippen LogP contribution is -2.22. The summed E-state index contributed by atoms with van der Waals surface area (Å²) in [6, 6.07) is 15.9. The average Bonchev–Trinajstić information content (AvgIpc) is 3.01. The SMILES string of the molecule is COc1cccc(-c2cn(C)c3c(=O)n(Cc4cccc(C)c4)cnc23)c1. The second-order valence-electron chi connectivity index (χ2n) is 6.75. The number of fused-ring (bicyclic) bond motifs is 1. The van der Waals surface area contributed by atoms with Crippen LogP contribution in [0.3, 0.4) is 0 Å². The Morgan fingerprint density at radius 1 is 1.11 bits per heavy atom. The molecule has 2 aromatic carbocycles. The molecule has 0 amide bonds.